The Bertz CT molecular complexity index is 1320. The molecular weight excluding hydrogens is 562 g/mol. The Kier molecular flexibility index (Phi) is 8.88. The van der Waals surface area contributed by atoms with Crippen LogP contribution in [0.15, 0.2) is 48.7 Å². The minimum Gasteiger partial charge on any atom is -0.490 e. The number of nitro groups is 1. The highest BCUT2D eigenvalue weighted by atomic mass is 35.5. The van der Waals surface area contributed by atoms with Crippen molar-refractivity contribution in [2.24, 2.45) is 0 Å². The van der Waals surface area contributed by atoms with E-state index < -0.39 is 11.3 Å². The van der Waals surface area contributed by atoms with Crippen molar-refractivity contribution in [2.45, 2.75) is 44.4 Å². The fraction of sp³-hybridized carbons (Fsp3) is 0.400. The van der Waals surface area contributed by atoms with Gasteiger partial charge in [0, 0.05) is 55.3 Å². The third-order valence-electron chi connectivity index (χ3n) is 6.53. The Morgan fingerprint density at radius 3 is 2.48 bits per heavy atom. The summed E-state index contributed by atoms with van der Waals surface area (Å²) in [4.78, 5) is 16.2. The van der Waals surface area contributed by atoms with Crippen molar-refractivity contribution in [1.82, 2.24) is 14.9 Å². The highest BCUT2D eigenvalue weighted by Crippen LogP contribution is 2.28. The molecule has 0 radical (unpaired) electrons. The largest absolute Gasteiger partial charge is 0.573 e. The van der Waals surface area contributed by atoms with E-state index in [1.165, 1.54) is 36.5 Å². The third kappa shape index (κ3) is 7.24. The number of ether oxygens (including phenoxy) is 3. The van der Waals surface area contributed by atoms with Gasteiger partial charge < -0.3 is 34.5 Å². The molecule has 40 heavy (non-hydrogen) atoms. The molecule has 1 atom stereocenters. The fourth-order valence-corrected chi connectivity index (χ4v) is 4.58. The minimum absolute atomic E-state index is 0. The molecule has 2 aliphatic heterocycles. The summed E-state index contributed by atoms with van der Waals surface area (Å²) in [6.45, 7) is 2.20. The van der Waals surface area contributed by atoms with Gasteiger partial charge in [-0.3, -0.25) is 4.57 Å². The van der Waals surface area contributed by atoms with Gasteiger partial charge >= 0.3 is 18.2 Å². The van der Waals surface area contributed by atoms with Gasteiger partial charge in [-0.1, -0.05) is 6.07 Å². The molecule has 5 rings (SSSR count). The first kappa shape index (κ1) is 29.2. The van der Waals surface area contributed by atoms with E-state index in [4.69, 9.17) is 9.47 Å². The highest BCUT2D eigenvalue weighted by molar-refractivity contribution is 5.85. The maximum absolute atomic E-state index is 14.9. The molecule has 2 aliphatic rings. The van der Waals surface area contributed by atoms with Crippen LogP contribution in [0.3, 0.4) is 0 Å². The van der Waals surface area contributed by atoms with Crippen LogP contribution in [0.4, 0.5) is 29.1 Å². The predicted molar refractivity (Wildman–Crippen MR) is 138 cm³/mol. The average Bonchev–Trinajstić information content (AvgIpc) is 3.33. The number of anilines is 1. The fourth-order valence-electron chi connectivity index (χ4n) is 4.58. The smallest absolute Gasteiger partial charge is 0.490 e. The molecule has 0 bridgehead atoms. The Morgan fingerprint density at radius 1 is 1.12 bits per heavy atom. The number of benzene rings is 2. The van der Waals surface area contributed by atoms with E-state index in [-0.39, 0.29) is 61.1 Å². The number of imidazole rings is 1. The van der Waals surface area contributed by atoms with Gasteiger partial charge in [0.1, 0.15) is 36.2 Å². The molecule has 1 aromatic heterocycles. The van der Waals surface area contributed by atoms with E-state index in [2.05, 4.69) is 19.9 Å². The lowest BCUT2D eigenvalue weighted by Crippen LogP contribution is -2.41. The van der Waals surface area contributed by atoms with Crippen LogP contribution in [0.1, 0.15) is 18.4 Å². The molecular formula is C25H26ClF4N5O5. The quantitative estimate of drug-likeness (QED) is 0.227. The minimum atomic E-state index is -4.74. The number of alkyl halides is 3. The van der Waals surface area contributed by atoms with Crippen LogP contribution in [0.2, 0.25) is 0 Å². The van der Waals surface area contributed by atoms with Gasteiger partial charge in [0.25, 0.3) is 0 Å². The zero-order chi connectivity index (χ0) is 27.6. The van der Waals surface area contributed by atoms with Crippen molar-refractivity contribution >= 4 is 23.9 Å². The van der Waals surface area contributed by atoms with Crippen LogP contribution in [0, 0.1) is 15.9 Å². The van der Waals surface area contributed by atoms with E-state index in [1.54, 1.807) is 10.6 Å². The summed E-state index contributed by atoms with van der Waals surface area (Å²) in [7, 11) is 0. The molecule has 2 aromatic carbocycles. The number of nitrogens with one attached hydrogen (secondary N) is 1. The van der Waals surface area contributed by atoms with E-state index in [0.29, 0.717) is 43.8 Å². The van der Waals surface area contributed by atoms with Crippen molar-refractivity contribution in [1.29, 1.82) is 0 Å². The Labute approximate surface area is 232 Å². The first-order valence-electron chi connectivity index (χ1n) is 12.3. The Balaban J connectivity index is 0.00000370. The maximum Gasteiger partial charge on any atom is 0.573 e. The van der Waals surface area contributed by atoms with E-state index in [0.717, 1.165) is 5.69 Å². The molecule has 216 valence electrons. The SMILES string of the molecule is Cl.O=[N+]([O-])c1cn2c(n1)OC[C@@H](NCc1ccc(N3CCC(Oc4ccc(OC(F)(F)F)cc4)CC3)cc1F)C2. The summed E-state index contributed by atoms with van der Waals surface area (Å²) in [6, 6.07) is 10.4. The van der Waals surface area contributed by atoms with Crippen LogP contribution in [-0.2, 0) is 13.1 Å². The molecule has 0 aliphatic carbocycles. The lowest BCUT2D eigenvalue weighted by atomic mass is 10.1. The van der Waals surface area contributed by atoms with Crippen LogP contribution in [-0.4, -0.2) is 52.7 Å². The van der Waals surface area contributed by atoms with Gasteiger partial charge in [-0.15, -0.1) is 25.6 Å². The predicted octanol–water partition coefficient (Wildman–Crippen LogP) is 4.85. The van der Waals surface area contributed by atoms with Crippen LogP contribution in [0.25, 0.3) is 0 Å². The van der Waals surface area contributed by atoms with Gasteiger partial charge in [-0.05, 0) is 41.3 Å². The van der Waals surface area contributed by atoms with Crippen LogP contribution in [0.5, 0.6) is 17.5 Å². The number of halogens is 5. The van der Waals surface area contributed by atoms with Gasteiger partial charge in [0.15, 0.2) is 0 Å². The number of piperidine rings is 1. The molecule has 0 unspecified atom stereocenters. The zero-order valence-electron chi connectivity index (χ0n) is 21.0. The van der Waals surface area contributed by atoms with Crippen molar-refractivity contribution in [3.05, 3.63) is 70.2 Å². The topological polar surface area (TPSA) is 104 Å². The summed E-state index contributed by atoms with van der Waals surface area (Å²) < 4.78 is 68.6. The van der Waals surface area contributed by atoms with Crippen molar-refractivity contribution in [2.75, 3.05) is 24.6 Å². The van der Waals surface area contributed by atoms with E-state index in [9.17, 15) is 27.7 Å². The summed E-state index contributed by atoms with van der Waals surface area (Å²) >= 11 is 0. The summed E-state index contributed by atoms with van der Waals surface area (Å²) in [5, 5.41) is 14.1. The second kappa shape index (κ2) is 12.2. The Hall–Kier alpha value is -3.78. The number of rotatable bonds is 8. The molecule has 1 N–H and O–H groups in total. The number of aromatic nitrogens is 2. The second-order valence-corrected chi connectivity index (χ2v) is 9.28. The molecule has 0 spiro atoms. The standard InChI is InChI=1S/C25H25F4N5O5.ClH/c26-22-11-18(2-1-16(22)12-30-17-13-33-14-23(34(35)36)31-24(33)37-15-17)32-9-7-20(8-10-32)38-19-3-5-21(6-4-19)39-25(27,28)29;/h1-6,11,14,17,20,30H,7-10,12-13,15H2;1H/t17-;/m0./s1. The molecule has 10 nitrogen and oxygen atoms in total. The van der Waals surface area contributed by atoms with Gasteiger partial charge in [-0.2, -0.15) is 0 Å². The molecule has 0 saturated carbocycles. The zero-order valence-corrected chi connectivity index (χ0v) is 21.8. The number of hydrogen-bond acceptors (Lipinski definition) is 8. The molecule has 1 saturated heterocycles. The molecule has 1 fully saturated rings. The average molecular weight is 588 g/mol. The van der Waals surface area contributed by atoms with Crippen molar-refractivity contribution in [3.8, 4) is 17.5 Å². The third-order valence-corrected chi connectivity index (χ3v) is 6.53. The summed E-state index contributed by atoms with van der Waals surface area (Å²) in [5.41, 5.74) is 1.23. The Morgan fingerprint density at radius 2 is 1.82 bits per heavy atom. The van der Waals surface area contributed by atoms with Gasteiger partial charge in [0.05, 0.1) is 6.04 Å². The van der Waals surface area contributed by atoms with Gasteiger partial charge in [-0.25, -0.2) is 4.39 Å². The monoisotopic (exact) mass is 587 g/mol. The summed E-state index contributed by atoms with van der Waals surface area (Å²) in [6.07, 6.45) is -2.20. The number of nitrogens with zero attached hydrogens (tertiary/aromatic N) is 4. The number of hydrogen-bond donors (Lipinski definition) is 1. The van der Waals surface area contributed by atoms with E-state index in [1.807, 2.05) is 6.07 Å². The van der Waals surface area contributed by atoms with Crippen molar-refractivity contribution < 1.29 is 36.7 Å². The summed E-state index contributed by atoms with van der Waals surface area (Å²) in [5.74, 6) is -0.487. The molecule has 15 heteroatoms. The lowest BCUT2D eigenvalue weighted by Gasteiger charge is -2.34. The van der Waals surface area contributed by atoms with Crippen LogP contribution >= 0.6 is 12.4 Å². The van der Waals surface area contributed by atoms with E-state index >= 15 is 0 Å². The maximum atomic E-state index is 14.9. The molecule has 0 amide bonds. The highest BCUT2D eigenvalue weighted by Gasteiger charge is 2.31. The molecule has 3 aromatic rings. The molecule has 3 heterocycles. The van der Waals surface area contributed by atoms with Crippen molar-refractivity contribution in [3.63, 3.8) is 0 Å². The first-order valence-corrected chi connectivity index (χ1v) is 12.3. The lowest BCUT2D eigenvalue weighted by molar-refractivity contribution is -0.389. The first-order chi connectivity index (χ1) is 18.6. The van der Waals surface area contributed by atoms with Gasteiger partial charge in [0.2, 0.25) is 0 Å². The number of fused-ring (bicyclic) bond motifs is 1. The van der Waals surface area contributed by atoms with Crippen LogP contribution < -0.4 is 24.4 Å². The normalized spacial score (nSPS) is 17.4. The second-order valence-electron chi connectivity index (χ2n) is 9.28.